The van der Waals surface area contributed by atoms with E-state index in [9.17, 15) is 0 Å². The summed E-state index contributed by atoms with van der Waals surface area (Å²) in [5, 5.41) is 0. The molecule has 0 aliphatic heterocycles. The SMILES string of the molecule is [2H]c1cccc(OC)c1[2H]. The number of benzene rings is 1. The number of methoxy groups -OCH3 is 1. The quantitative estimate of drug-likeness (QED) is 0.534. The van der Waals surface area contributed by atoms with Crippen LogP contribution in [0.1, 0.15) is 2.74 Å². The van der Waals surface area contributed by atoms with Crippen molar-refractivity contribution < 1.29 is 7.48 Å². The minimum Gasteiger partial charge on any atom is -0.497 e. The van der Waals surface area contributed by atoms with Gasteiger partial charge in [0.15, 0.2) is 0 Å². The van der Waals surface area contributed by atoms with Gasteiger partial charge in [0.25, 0.3) is 0 Å². The molecular weight excluding hydrogens is 100 g/mol. The average molecular weight is 110 g/mol. The van der Waals surface area contributed by atoms with Gasteiger partial charge in [-0.05, 0) is 12.1 Å². The summed E-state index contributed by atoms with van der Waals surface area (Å²) in [6.07, 6.45) is 0. The molecule has 0 saturated heterocycles. The fraction of sp³-hybridized carbons (Fsp3) is 0.143. The highest BCUT2D eigenvalue weighted by Gasteiger charge is 1.80. The van der Waals surface area contributed by atoms with Crippen molar-refractivity contribution >= 4 is 0 Å². The standard InChI is InChI=1S/C7H8O/c1-8-7-5-3-2-4-6-7/h2-6H,1H3/i3D,5D. The Morgan fingerprint density at radius 2 is 2.50 bits per heavy atom. The van der Waals surface area contributed by atoms with Crippen LogP contribution < -0.4 is 4.74 Å². The molecule has 0 bridgehead atoms. The Hall–Kier alpha value is -0.980. The number of hydrogen-bond acceptors (Lipinski definition) is 1. The molecule has 0 aliphatic carbocycles. The largest absolute Gasteiger partial charge is 0.497 e. The van der Waals surface area contributed by atoms with Gasteiger partial charge in [-0.2, -0.15) is 0 Å². The molecule has 0 aromatic heterocycles. The third-order valence-electron chi connectivity index (χ3n) is 0.842. The molecule has 8 heavy (non-hydrogen) atoms. The third-order valence-corrected chi connectivity index (χ3v) is 0.842. The van der Waals surface area contributed by atoms with Gasteiger partial charge in [-0.25, -0.2) is 0 Å². The van der Waals surface area contributed by atoms with Gasteiger partial charge in [-0.15, -0.1) is 0 Å². The second-order valence-corrected chi connectivity index (χ2v) is 1.36. The van der Waals surface area contributed by atoms with E-state index in [1.54, 1.807) is 18.2 Å². The summed E-state index contributed by atoms with van der Waals surface area (Å²) in [6, 6.07) is 5.26. The minimum absolute atomic E-state index is 0.144. The van der Waals surface area contributed by atoms with E-state index in [0.29, 0.717) is 5.75 Å². The Kier molecular flexibility index (Phi) is 0.922. The summed E-state index contributed by atoms with van der Waals surface area (Å²) < 4.78 is 19.3. The zero-order valence-corrected chi connectivity index (χ0v) is 4.64. The second-order valence-electron chi connectivity index (χ2n) is 1.36. The maximum atomic E-state index is 7.28. The molecule has 1 rings (SSSR count). The smallest absolute Gasteiger partial charge is 0.118 e. The van der Waals surface area contributed by atoms with Crippen LogP contribution in [-0.2, 0) is 0 Å². The normalized spacial score (nSPS) is 12.1. The van der Waals surface area contributed by atoms with Crippen LogP contribution in [0.25, 0.3) is 0 Å². The van der Waals surface area contributed by atoms with E-state index in [1.807, 2.05) is 0 Å². The van der Waals surface area contributed by atoms with Crippen molar-refractivity contribution in [1.82, 2.24) is 0 Å². The Balaban J connectivity index is 3.14. The molecule has 1 aromatic carbocycles. The lowest BCUT2D eigenvalue weighted by molar-refractivity contribution is 0.415. The van der Waals surface area contributed by atoms with Gasteiger partial charge in [0.2, 0.25) is 0 Å². The average Bonchev–Trinajstić information content (AvgIpc) is 1.95. The van der Waals surface area contributed by atoms with Crippen LogP contribution in [0.15, 0.2) is 30.3 Å². The van der Waals surface area contributed by atoms with E-state index >= 15 is 0 Å². The first kappa shape index (κ1) is 3.13. The highest BCUT2D eigenvalue weighted by atomic mass is 16.5. The monoisotopic (exact) mass is 110 g/mol. The van der Waals surface area contributed by atoms with Crippen molar-refractivity contribution in [3.8, 4) is 5.75 Å². The molecule has 42 valence electrons. The van der Waals surface area contributed by atoms with Crippen molar-refractivity contribution in [3.63, 3.8) is 0 Å². The first-order valence-electron chi connectivity index (χ1n) is 3.36. The lowest BCUT2D eigenvalue weighted by atomic mass is 10.3. The van der Waals surface area contributed by atoms with Gasteiger partial charge in [0, 0.05) is 0 Å². The number of para-hydroxylation sites is 1. The molecule has 0 amide bonds. The van der Waals surface area contributed by atoms with Gasteiger partial charge in [0.1, 0.15) is 5.75 Å². The fourth-order valence-corrected chi connectivity index (χ4v) is 0.457. The van der Waals surface area contributed by atoms with Gasteiger partial charge >= 0.3 is 0 Å². The Morgan fingerprint density at radius 3 is 3.12 bits per heavy atom. The van der Waals surface area contributed by atoms with Gasteiger partial charge in [0.05, 0.1) is 9.85 Å². The van der Waals surface area contributed by atoms with Crippen LogP contribution in [0, 0.1) is 0 Å². The molecule has 0 atom stereocenters. The highest BCUT2D eigenvalue weighted by Crippen LogP contribution is 2.05. The third kappa shape index (κ3) is 0.997. The molecule has 0 spiro atoms. The summed E-state index contributed by atoms with van der Waals surface area (Å²) >= 11 is 0. The van der Waals surface area contributed by atoms with E-state index in [-0.39, 0.29) is 12.1 Å². The van der Waals surface area contributed by atoms with Crippen molar-refractivity contribution in [3.05, 3.63) is 30.3 Å². The molecule has 0 aliphatic rings. The fourth-order valence-electron chi connectivity index (χ4n) is 0.457. The van der Waals surface area contributed by atoms with Crippen LogP contribution in [-0.4, -0.2) is 7.11 Å². The highest BCUT2D eigenvalue weighted by molar-refractivity contribution is 5.20. The van der Waals surface area contributed by atoms with Crippen molar-refractivity contribution in [2.45, 2.75) is 0 Å². The number of rotatable bonds is 1. The molecule has 0 N–H and O–H groups in total. The minimum atomic E-state index is 0.144. The lowest BCUT2D eigenvalue weighted by Crippen LogP contribution is -1.78. The summed E-state index contributed by atoms with van der Waals surface area (Å²) in [5.41, 5.74) is 0. The van der Waals surface area contributed by atoms with E-state index in [0.717, 1.165) is 0 Å². The molecule has 0 heterocycles. The van der Waals surface area contributed by atoms with Crippen molar-refractivity contribution in [2.75, 3.05) is 7.11 Å². The first-order valence-corrected chi connectivity index (χ1v) is 2.36. The predicted molar refractivity (Wildman–Crippen MR) is 33.0 cm³/mol. The van der Waals surface area contributed by atoms with E-state index in [2.05, 4.69) is 0 Å². The molecule has 0 saturated carbocycles. The van der Waals surface area contributed by atoms with Crippen molar-refractivity contribution in [2.24, 2.45) is 0 Å². The topological polar surface area (TPSA) is 9.23 Å². The molecule has 0 fully saturated rings. The van der Waals surface area contributed by atoms with Crippen molar-refractivity contribution in [1.29, 1.82) is 0 Å². The second kappa shape index (κ2) is 2.36. The number of ether oxygens (including phenoxy) is 1. The van der Waals surface area contributed by atoms with Gasteiger partial charge in [-0.1, -0.05) is 18.2 Å². The molecular formula is C7H8O. The summed E-state index contributed by atoms with van der Waals surface area (Å²) in [7, 11) is 1.49. The molecule has 0 radical (unpaired) electrons. The molecule has 1 heteroatoms. The Labute approximate surface area is 51.7 Å². The van der Waals surface area contributed by atoms with Gasteiger partial charge in [-0.3, -0.25) is 0 Å². The van der Waals surface area contributed by atoms with E-state index in [1.165, 1.54) is 7.11 Å². The van der Waals surface area contributed by atoms with E-state index in [4.69, 9.17) is 7.48 Å². The molecule has 1 nitrogen and oxygen atoms in total. The Bertz CT molecular complexity index is 235. The van der Waals surface area contributed by atoms with Crippen LogP contribution in [0.5, 0.6) is 5.75 Å². The first-order chi connectivity index (χ1) is 4.75. The molecule has 1 aromatic rings. The summed E-state index contributed by atoms with van der Waals surface area (Å²) in [4.78, 5) is 0. The summed E-state index contributed by atoms with van der Waals surface area (Å²) in [5.74, 6) is 0.451. The van der Waals surface area contributed by atoms with Crippen LogP contribution in [0.4, 0.5) is 0 Å². The lowest BCUT2D eigenvalue weighted by Gasteiger charge is -1.93. The predicted octanol–water partition coefficient (Wildman–Crippen LogP) is 1.70. The number of hydrogen-bond donors (Lipinski definition) is 0. The zero-order chi connectivity index (χ0) is 7.56. The maximum absolute atomic E-state index is 7.28. The van der Waals surface area contributed by atoms with Crippen LogP contribution in [0.3, 0.4) is 0 Å². The Morgan fingerprint density at radius 1 is 1.62 bits per heavy atom. The zero-order valence-electron chi connectivity index (χ0n) is 6.64. The molecule has 0 unspecified atom stereocenters. The van der Waals surface area contributed by atoms with Crippen LogP contribution in [0.2, 0.25) is 0 Å². The van der Waals surface area contributed by atoms with E-state index < -0.39 is 0 Å². The van der Waals surface area contributed by atoms with Gasteiger partial charge < -0.3 is 4.74 Å². The summed E-state index contributed by atoms with van der Waals surface area (Å²) in [6.45, 7) is 0. The van der Waals surface area contributed by atoms with Crippen LogP contribution >= 0.6 is 0 Å². The maximum Gasteiger partial charge on any atom is 0.118 e.